The first-order valence-electron chi connectivity index (χ1n) is 5.24. The molecule has 0 aliphatic carbocycles. The summed E-state index contributed by atoms with van der Waals surface area (Å²) < 4.78 is 0. The number of hydrogen-bond acceptors (Lipinski definition) is 3. The van der Waals surface area contributed by atoms with Crippen molar-refractivity contribution in [2.75, 3.05) is 19.6 Å². The Morgan fingerprint density at radius 1 is 1.23 bits per heavy atom. The summed E-state index contributed by atoms with van der Waals surface area (Å²) in [4.78, 5) is 10.6. The summed E-state index contributed by atoms with van der Waals surface area (Å²) in [6.45, 7) is 3.33. The highest BCUT2D eigenvalue weighted by Gasteiger charge is 2.35. The van der Waals surface area contributed by atoms with Gasteiger partial charge in [-0.15, -0.1) is 0 Å². The Hall–Kier alpha value is -0.410. The van der Waals surface area contributed by atoms with Crippen molar-refractivity contribution >= 4 is 6.29 Å². The lowest BCUT2D eigenvalue weighted by Crippen LogP contribution is -2.50. The summed E-state index contributed by atoms with van der Waals surface area (Å²) in [6.07, 6.45) is 5.85. The van der Waals surface area contributed by atoms with E-state index in [9.17, 15) is 4.79 Å². The molecule has 2 aliphatic rings. The maximum atomic E-state index is 10.6. The number of nitrogens with one attached hydrogen (secondary N) is 2. The fourth-order valence-corrected chi connectivity index (χ4v) is 2.50. The van der Waals surface area contributed by atoms with Crippen molar-refractivity contribution in [1.29, 1.82) is 0 Å². The summed E-state index contributed by atoms with van der Waals surface area (Å²) >= 11 is 0. The smallest absolute Gasteiger partial charge is 0.136 e. The predicted molar refractivity (Wildman–Crippen MR) is 51.6 cm³/mol. The van der Waals surface area contributed by atoms with E-state index < -0.39 is 0 Å². The third kappa shape index (κ3) is 1.92. The Morgan fingerprint density at radius 2 is 2.00 bits per heavy atom. The van der Waals surface area contributed by atoms with Gasteiger partial charge in [0.05, 0.1) is 6.04 Å². The molecule has 0 aromatic rings. The van der Waals surface area contributed by atoms with Crippen LogP contribution in [0.3, 0.4) is 0 Å². The molecule has 2 aliphatic heterocycles. The Morgan fingerprint density at radius 3 is 2.54 bits per heavy atom. The molecule has 2 fully saturated rings. The first kappa shape index (κ1) is 9.16. The van der Waals surface area contributed by atoms with Gasteiger partial charge in [-0.2, -0.15) is 0 Å². The van der Waals surface area contributed by atoms with E-state index in [0.29, 0.717) is 5.41 Å². The number of rotatable bonds is 1. The lowest BCUT2D eigenvalue weighted by molar-refractivity contribution is -0.110. The van der Waals surface area contributed by atoms with Gasteiger partial charge in [0, 0.05) is 6.54 Å². The fourth-order valence-electron chi connectivity index (χ4n) is 2.50. The zero-order valence-corrected chi connectivity index (χ0v) is 8.01. The standard InChI is InChI=1S/C10H18N2O/c13-7-9-1-2-10(8-12-9)3-5-11-6-4-10/h7,9,11-12H,1-6,8H2. The van der Waals surface area contributed by atoms with E-state index in [1.165, 1.54) is 19.3 Å². The highest BCUT2D eigenvalue weighted by molar-refractivity contribution is 5.57. The van der Waals surface area contributed by atoms with Gasteiger partial charge in [-0.05, 0) is 44.2 Å². The molecule has 2 N–H and O–H groups in total. The molecule has 0 amide bonds. The topological polar surface area (TPSA) is 41.1 Å². The predicted octanol–water partition coefficient (Wildman–Crippen LogP) is 0.307. The molecule has 3 nitrogen and oxygen atoms in total. The van der Waals surface area contributed by atoms with Crippen LogP contribution in [0.25, 0.3) is 0 Å². The van der Waals surface area contributed by atoms with Gasteiger partial charge in [-0.3, -0.25) is 0 Å². The van der Waals surface area contributed by atoms with Crippen molar-refractivity contribution in [2.24, 2.45) is 5.41 Å². The molecule has 0 radical (unpaired) electrons. The number of piperidine rings is 2. The van der Waals surface area contributed by atoms with Crippen molar-refractivity contribution in [1.82, 2.24) is 10.6 Å². The minimum atomic E-state index is 0.125. The van der Waals surface area contributed by atoms with E-state index in [2.05, 4.69) is 10.6 Å². The lowest BCUT2D eigenvalue weighted by Gasteiger charge is -2.42. The van der Waals surface area contributed by atoms with Gasteiger partial charge >= 0.3 is 0 Å². The van der Waals surface area contributed by atoms with E-state index in [1.54, 1.807) is 0 Å². The third-order valence-electron chi connectivity index (χ3n) is 3.55. The van der Waals surface area contributed by atoms with Gasteiger partial charge in [0.25, 0.3) is 0 Å². The monoisotopic (exact) mass is 182 g/mol. The zero-order valence-electron chi connectivity index (χ0n) is 8.01. The van der Waals surface area contributed by atoms with Gasteiger partial charge in [0.15, 0.2) is 0 Å². The molecule has 0 aromatic carbocycles. The van der Waals surface area contributed by atoms with E-state index in [4.69, 9.17) is 0 Å². The van der Waals surface area contributed by atoms with Crippen molar-refractivity contribution in [3.8, 4) is 0 Å². The first-order valence-corrected chi connectivity index (χ1v) is 5.24. The summed E-state index contributed by atoms with van der Waals surface area (Å²) in [7, 11) is 0. The van der Waals surface area contributed by atoms with Crippen LogP contribution in [-0.4, -0.2) is 32.0 Å². The van der Waals surface area contributed by atoms with Crippen LogP contribution in [0, 0.1) is 5.41 Å². The van der Waals surface area contributed by atoms with Crippen LogP contribution in [0.4, 0.5) is 0 Å². The maximum absolute atomic E-state index is 10.6. The number of aldehydes is 1. The Balaban J connectivity index is 1.91. The third-order valence-corrected chi connectivity index (χ3v) is 3.55. The van der Waals surface area contributed by atoms with Gasteiger partial charge < -0.3 is 15.4 Å². The molecule has 2 saturated heterocycles. The summed E-state index contributed by atoms with van der Waals surface area (Å²) in [5.74, 6) is 0. The van der Waals surface area contributed by atoms with E-state index in [-0.39, 0.29) is 6.04 Å². The Labute approximate surface area is 79.3 Å². The summed E-state index contributed by atoms with van der Waals surface area (Å²) in [6, 6.07) is 0.125. The van der Waals surface area contributed by atoms with Crippen LogP contribution in [0.5, 0.6) is 0 Å². The average Bonchev–Trinajstić information content (AvgIpc) is 2.20. The van der Waals surface area contributed by atoms with Crippen LogP contribution in [0.15, 0.2) is 0 Å². The minimum Gasteiger partial charge on any atom is -0.317 e. The molecule has 3 heteroatoms. The maximum Gasteiger partial charge on any atom is 0.136 e. The van der Waals surface area contributed by atoms with Gasteiger partial charge in [-0.25, -0.2) is 0 Å². The normalized spacial score (nSPS) is 33.1. The van der Waals surface area contributed by atoms with Gasteiger partial charge in [0.2, 0.25) is 0 Å². The second kappa shape index (κ2) is 3.76. The average molecular weight is 182 g/mol. The van der Waals surface area contributed by atoms with E-state index in [1.807, 2.05) is 0 Å². The molecule has 1 atom stereocenters. The summed E-state index contributed by atoms with van der Waals surface area (Å²) in [5.41, 5.74) is 0.505. The van der Waals surface area contributed by atoms with Crippen molar-refractivity contribution < 1.29 is 4.79 Å². The second-order valence-corrected chi connectivity index (χ2v) is 4.41. The fraction of sp³-hybridized carbons (Fsp3) is 0.900. The van der Waals surface area contributed by atoms with E-state index >= 15 is 0 Å². The van der Waals surface area contributed by atoms with Crippen molar-refractivity contribution in [3.63, 3.8) is 0 Å². The molecule has 13 heavy (non-hydrogen) atoms. The van der Waals surface area contributed by atoms with Crippen LogP contribution in [0.2, 0.25) is 0 Å². The highest BCUT2D eigenvalue weighted by Crippen LogP contribution is 2.36. The van der Waals surface area contributed by atoms with Gasteiger partial charge in [-0.1, -0.05) is 0 Å². The molecule has 74 valence electrons. The molecule has 0 saturated carbocycles. The molecule has 0 aromatic heterocycles. The van der Waals surface area contributed by atoms with Crippen molar-refractivity contribution in [2.45, 2.75) is 31.7 Å². The first-order chi connectivity index (χ1) is 6.35. The van der Waals surface area contributed by atoms with Crippen molar-refractivity contribution in [3.05, 3.63) is 0 Å². The molecular weight excluding hydrogens is 164 g/mol. The zero-order chi connectivity index (χ0) is 9.15. The minimum absolute atomic E-state index is 0.125. The summed E-state index contributed by atoms with van der Waals surface area (Å²) in [5, 5.41) is 6.72. The molecule has 1 spiro atoms. The molecular formula is C10H18N2O. The largest absolute Gasteiger partial charge is 0.317 e. The quantitative estimate of drug-likeness (QED) is 0.573. The number of hydrogen-bond donors (Lipinski definition) is 2. The Kier molecular flexibility index (Phi) is 2.65. The van der Waals surface area contributed by atoms with Crippen LogP contribution in [0.1, 0.15) is 25.7 Å². The SMILES string of the molecule is O=CC1CCC2(CCNCC2)CN1. The van der Waals surface area contributed by atoms with Gasteiger partial charge in [0.1, 0.15) is 6.29 Å². The lowest BCUT2D eigenvalue weighted by atomic mass is 9.72. The number of carbonyl (C=O) groups excluding carboxylic acids is 1. The second-order valence-electron chi connectivity index (χ2n) is 4.41. The molecule has 0 bridgehead atoms. The molecule has 1 unspecified atom stereocenters. The van der Waals surface area contributed by atoms with Crippen LogP contribution < -0.4 is 10.6 Å². The van der Waals surface area contributed by atoms with E-state index in [0.717, 1.165) is 32.3 Å². The molecule has 2 rings (SSSR count). The number of carbonyl (C=O) groups is 1. The molecule has 2 heterocycles. The highest BCUT2D eigenvalue weighted by atomic mass is 16.1. The van der Waals surface area contributed by atoms with Crippen LogP contribution >= 0.6 is 0 Å². The Bertz CT molecular complexity index is 177. The van der Waals surface area contributed by atoms with Crippen LogP contribution in [-0.2, 0) is 4.79 Å².